The van der Waals surface area contributed by atoms with Gasteiger partial charge in [-0.25, -0.2) is 0 Å². The van der Waals surface area contributed by atoms with E-state index in [4.69, 9.17) is 28.4 Å². The van der Waals surface area contributed by atoms with Crippen molar-refractivity contribution < 1.29 is 73.8 Å². The molecule has 71 heavy (non-hydrogen) atoms. The number of aliphatic hydroxyl groups is 7. The average Bonchev–Trinajstić information content (AvgIpc) is 3.36. The molecule has 0 amide bonds. The molecule has 2 rings (SSSR count). The minimum absolute atomic E-state index is 0.118. The van der Waals surface area contributed by atoms with Crippen LogP contribution in [-0.2, 0) is 38.0 Å². The van der Waals surface area contributed by atoms with E-state index in [1.807, 2.05) is 0 Å². The first-order chi connectivity index (χ1) is 34.5. The summed E-state index contributed by atoms with van der Waals surface area (Å²) < 4.78 is 33.6. The summed E-state index contributed by atoms with van der Waals surface area (Å²) >= 11 is 0. The van der Waals surface area contributed by atoms with E-state index >= 15 is 0 Å². The van der Waals surface area contributed by atoms with Crippen molar-refractivity contribution in [3.63, 3.8) is 0 Å². The van der Waals surface area contributed by atoms with Crippen LogP contribution < -0.4 is 0 Å². The van der Waals surface area contributed by atoms with E-state index in [0.717, 1.165) is 96.3 Å². The van der Waals surface area contributed by atoms with Crippen molar-refractivity contribution in [3.8, 4) is 0 Å². The second-order valence-electron chi connectivity index (χ2n) is 18.3. The molecule has 0 spiro atoms. The third kappa shape index (κ3) is 29.8. The molecular weight excluding hydrogens is 913 g/mol. The van der Waals surface area contributed by atoms with Gasteiger partial charge >= 0.3 is 11.9 Å². The molecule has 2 saturated heterocycles. The molecule has 0 aromatic carbocycles. The number of carbonyl (C=O) groups is 2. The van der Waals surface area contributed by atoms with E-state index in [9.17, 15) is 45.3 Å². The van der Waals surface area contributed by atoms with Crippen molar-refractivity contribution in [1.29, 1.82) is 0 Å². The summed E-state index contributed by atoms with van der Waals surface area (Å²) in [7, 11) is 0. The number of ether oxygens (including phenoxy) is 6. The van der Waals surface area contributed by atoms with Gasteiger partial charge < -0.3 is 64.2 Å². The third-order valence-electron chi connectivity index (χ3n) is 12.1. The van der Waals surface area contributed by atoms with Crippen molar-refractivity contribution in [2.75, 3.05) is 26.4 Å². The number of allylic oxidation sites excluding steroid dienone is 14. The minimum atomic E-state index is -1.78. The molecule has 7 N–H and O–H groups in total. The van der Waals surface area contributed by atoms with E-state index in [-0.39, 0.29) is 19.4 Å². The second-order valence-corrected chi connectivity index (χ2v) is 18.3. The molecule has 0 aromatic heterocycles. The SMILES string of the molecule is CC/C=C\C/C=C\C/C=C\C/C=C\C/C=C\CCCCCC(=O)OC(COC(=O)CCCCCCC/C=C\C/C=C\CCCCCC)COC1OC(COC2OC(CO)C(O)C(O)C2O)C(O)C(O)C1O. The maximum Gasteiger partial charge on any atom is 0.306 e. The summed E-state index contributed by atoms with van der Waals surface area (Å²) in [6, 6.07) is 0. The Labute approximate surface area is 425 Å². The highest BCUT2D eigenvalue weighted by molar-refractivity contribution is 5.70. The van der Waals surface area contributed by atoms with Crippen LogP contribution in [0.1, 0.15) is 162 Å². The van der Waals surface area contributed by atoms with Crippen LogP contribution in [0, 0.1) is 0 Å². The first-order valence-corrected chi connectivity index (χ1v) is 26.7. The van der Waals surface area contributed by atoms with Gasteiger partial charge in [0.25, 0.3) is 0 Å². The first-order valence-electron chi connectivity index (χ1n) is 26.7. The van der Waals surface area contributed by atoms with Crippen molar-refractivity contribution in [2.24, 2.45) is 0 Å². The van der Waals surface area contributed by atoms with Gasteiger partial charge in [-0.3, -0.25) is 9.59 Å². The van der Waals surface area contributed by atoms with Gasteiger partial charge in [-0.1, -0.05) is 144 Å². The number of unbranched alkanes of at least 4 members (excludes halogenated alkanes) is 12. The monoisotopic (exact) mass is 1000 g/mol. The highest BCUT2D eigenvalue weighted by atomic mass is 16.7. The maximum absolute atomic E-state index is 13.0. The van der Waals surface area contributed by atoms with Gasteiger partial charge in [0.15, 0.2) is 18.7 Å². The van der Waals surface area contributed by atoms with Gasteiger partial charge in [-0.2, -0.15) is 0 Å². The molecule has 0 aliphatic carbocycles. The zero-order chi connectivity index (χ0) is 51.7. The van der Waals surface area contributed by atoms with Crippen LogP contribution in [0.2, 0.25) is 0 Å². The van der Waals surface area contributed by atoms with Crippen LogP contribution in [0.15, 0.2) is 85.1 Å². The van der Waals surface area contributed by atoms with E-state index in [0.29, 0.717) is 12.8 Å². The zero-order valence-corrected chi connectivity index (χ0v) is 42.9. The summed E-state index contributed by atoms with van der Waals surface area (Å²) in [5, 5.41) is 72.2. The minimum Gasteiger partial charge on any atom is -0.462 e. The first kappa shape index (κ1) is 63.8. The fourth-order valence-corrected chi connectivity index (χ4v) is 7.74. The molecule has 2 aliphatic rings. The van der Waals surface area contributed by atoms with Gasteiger partial charge in [0.05, 0.1) is 19.8 Å². The second kappa shape index (κ2) is 42.1. The molecule has 0 radical (unpaired) electrons. The summed E-state index contributed by atoms with van der Waals surface area (Å²) in [6.45, 7) is 2.39. The fourth-order valence-electron chi connectivity index (χ4n) is 7.74. The van der Waals surface area contributed by atoms with E-state index in [1.165, 1.54) is 25.7 Å². The molecule has 11 atom stereocenters. The lowest BCUT2D eigenvalue weighted by Gasteiger charge is -2.42. The van der Waals surface area contributed by atoms with Crippen LogP contribution in [0.25, 0.3) is 0 Å². The van der Waals surface area contributed by atoms with Crippen LogP contribution >= 0.6 is 0 Å². The number of hydrogen-bond acceptors (Lipinski definition) is 15. The molecule has 0 saturated carbocycles. The van der Waals surface area contributed by atoms with Crippen LogP contribution in [0.5, 0.6) is 0 Å². The van der Waals surface area contributed by atoms with Gasteiger partial charge in [0.1, 0.15) is 55.4 Å². The summed E-state index contributed by atoms with van der Waals surface area (Å²) in [5.74, 6) is -0.986. The van der Waals surface area contributed by atoms with Crippen LogP contribution in [-0.4, -0.2) is 142 Å². The Balaban J connectivity index is 1.83. The summed E-state index contributed by atoms with van der Waals surface area (Å²) in [5.41, 5.74) is 0. The lowest BCUT2D eigenvalue weighted by atomic mass is 9.98. The van der Waals surface area contributed by atoms with E-state index in [1.54, 1.807) is 0 Å². The quantitative estimate of drug-likeness (QED) is 0.0175. The molecule has 406 valence electrons. The fraction of sp³-hybridized carbons (Fsp3) is 0.714. The Morgan fingerprint density at radius 3 is 1.41 bits per heavy atom. The van der Waals surface area contributed by atoms with Crippen molar-refractivity contribution >= 4 is 11.9 Å². The Morgan fingerprint density at radius 2 is 0.887 bits per heavy atom. The Kier molecular flexibility index (Phi) is 37.8. The lowest BCUT2D eigenvalue weighted by molar-refractivity contribution is -0.332. The predicted octanol–water partition coefficient (Wildman–Crippen LogP) is 7.99. The van der Waals surface area contributed by atoms with Crippen LogP contribution in [0.3, 0.4) is 0 Å². The van der Waals surface area contributed by atoms with Gasteiger partial charge in [-0.05, 0) is 89.9 Å². The normalized spacial score (nSPS) is 25.9. The molecule has 15 nitrogen and oxygen atoms in total. The van der Waals surface area contributed by atoms with Crippen molar-refractivity contribution in [1.82, 2.24) is 0 Å². The molecule has 2 aliphatic heterocycles. The van der Waals surface area contributed by atoms with Crippen molar-refractivity contribution in [3.05, 3.63) is 85.1 Å². The maximum atomic E-state index is 13.0. The highest BCUT2D eigenvalue weighted by Gasteiger charge is 2.47. The smallest absolute Gasteiger partial charge is 0.306 e. The molecule has 2 fully saturated rings. The van der Waals surface area contributed by atoms with Gasteiger partial charge in [0.2, 0.25) is 0 Å². The van der Waals surface area contributed by atoms with E-state index < -0.39 is 99.3 Å². The lowest BCUT2D eigenvalue weighted by Crippen LogP contribution is -2.61. The van der Waals surface area contributed by atoms with Gasteiger partial charge in [0, 0.05) is 12.8 Å². The number of aliphatic hydroxyl groups excluding tert-OH is 7. The molecular formula is C56H92O15. The Hall–Kier alpha value is -3.32. The number of esters is 2. The van der Waals surface area contributed by atoms with Crippen LogP contribution in [0.4, 0.5) is 0 Å². The number of hydrogen-bond donors (Lipinski definition) is 7. The Bertz CT molecular complexity index is 1560. The van der Waals surface area contributed by atoms with Gasteiger partial charge in [-0.15, -0.1) is 0 Å². The summed E-state index contributed by atoms with van der Waals surface area (Å²) in [4.78, 5) is 25.8. The molecule has 11 unspecified atom stereocenters. The molecule has 2 heterocycles. The number of rotatable bonds is 40. The third-order valence-corrected chi connectivity index (χ3v) is 12.1. The Morgan fingerprint density at radius 1 is 0.465 bits per heavy atom. The zero-order valence-electron chi connectivity index (χ0n) is 42.9. The topological polar surface area (TPSA) is 231 Å². The van der Waals surface area contributed by atoms with Crippen molar-refractivity contribution in [2.45, 2.75) is 229 Å². The largest absolute Gasteiger partial charge is 0.462 e. The molecule has 15 heteroatoms. The molecule has 0 aromatic rings. The molecule has 0 bridgehead atoms. The average molecular weight is 1010 g/mol. The summed E-state index contributed by atoms with van der Waals surface area (Å²) in [6.07, 6.45) is 34.6. The standard InChI is InChI=1S/C56H92O15/c1-3-5-7-9-11-13-15-17-19-21-22-23-25-27-29-31-33-35-37-39-48(59)69-44(41-66-47(58)38-36-34-32-30-28-26-24-20-18-16-14-12-10-8-6-4-2)42-67-55-54(65)52(63)50(61)46(71-55)43-68-56-53(64)51(62)49(60)45(40-57)70-56/h5,7,11,13-14,16-17,19-20,22-24,27,29,44-46,49-57,60-65H,3-4,6,8-10,12,15,18,21,25-26,28,30-43H2,1-2H3/b7-5-,13-11-,16-14-,19-17-,23-22-,24-20-,29-27-. The highest BCUT2D eigenvalue weighted by Crippen LogP contribution is 2.26. The number of carbonyl (C=O) groups excluding carboxylic acids is 2. The predicted molar refractivity (Wildman–Crippen MR) is 275 cm³/mol. The van der Waals surface area contributed by atoms with E-state index in [2.05, 4.69) is 98.9 Å².